The van der Waals surface area contributed by atoms with Crippen molar-refractivity contribution in [3.05, 3.63) is 0 Å². The average Bonchev–Trinajstić information content (AvgIpc) is 2.35. The Kier molecular flexibility index (Phi) is 4.62. The van der Waals surface area contributed by atoms with Crippen molar-refractivity contribution in [3.8, 4) is 0 Å². The van der Waals surface area contributed by atoms with Crippen LogP contribution in [0.1, 0.15) is 27.2 Å². The zero-order chi connectivity index (χ0) is 15.7. The number of hydrogen-bond donors (Lipinski definition) is 1. The van der Waals surface area contributed by atoms with Gasteiger partial charge < -0.3 is 19.8 Å². The van der Waals surface area contributed by atoms with E-state index in [0.717, 1.165) is 0 Å². The van der Waals surface area contributed by atoms with Crippen LogP contribution in [-0.2, 0) is 9.59 Å². The van der Waals surface area contributed by atoms with Crippen molar-refractivity contribution in [1.29, 1.82) is 0 Å². The summed E-state index contributed by atoms with van der Waals surface area (Å²) in [6.07, 6.45) is 0.319. The van der Waals surface area contributed by atoms with E-state index in [1.807, 2.05) is 0 Å². The molecule has 1 saturated heterocycles. The average molecular weight is 285 g/mol. The first-order chi connectivity index (χ1) is 9.14. The summed E-state index contributed by atoms with van der Waals surface area (Å²) < 4.78 is 0. The molecule has 1 aliphatic heterocycles. The Morgan fingerprint density at radius 3 is 2.40 bits per heavy atom. The molecule has 0 aromatic heterocycles. The molecule has 1 fully saturated rings. The van der Waals surface area contributed by atoms with Gasteiger partial charge in [0, 0.05) is 27.2 Å². The highest BCUT2D eigenvalue weighted by Gasteiger charge is 2.45. The molecule has 20 heavy (non-hydrogen) atoms. The van der Waals surface area contributed by atoms with Crippen molar-refractivity contribution in [2.24, 2.45) is 0 Å². The molecule has 0 bridgehead atoms. The van der Waals surface area contributed by atoms with Crippen LogP contribution in [0.3, 0.4) is 0 Å². The summed E-state index contributed by atoms with van der Waals surface area (Å²) >= 11 is 0. The van der Waals surface area contributed by atoms with Crippen LogP contribution in [0, 0.1) is 0 Å². The third-order valence-corrected chi connectivity index (χ3v) is 3.88. The van der Waals surface area contributed by atoms with Crippen LogP contribution in [0.2, 0.25) is 0 Å². The number of nitrogens with zero attached hydrogens (tertiary/aromatic N) is 3. The predicted molar refractivity (Wildman–Crippen MR) is 73.3 cm³/mol. The van der Waals surface area contributed by atoms with Crippen LogP contribution in [0.5, 0.6) is 0 Å². The topological polar surface area (TPSA) is 81.2 Å². The monoisotopic (exact) mass is 285 g/mol. The number of carboxylic acid groups (broad SMARTS) is 1. The zero-order valence-electron chi connectivity index (χ0n) is 12.7. The van der Waals surface area contributed by atoms with E-state index in [9.17, 15) is 14.4 Å². The maximum Gasteiger partial charge on any atom is 0.326 e. The summed E-state index contributed by atoms with van der Waals surface area (Å²) in [6.45, 7) is 5.92. The molecule has 0 aromatic carbocycles. The first-order valence-corrected chi connectivity index (χ1v) is 6.67. The van der Waals surface area contributed by atoms with E-state index < -0.39 is 23.6 Å². The lowest BCUT2D eigenvalue weighted by atomic mass is 9.98. The Balaban J connectivity index is 2.96. The van der Waals surface area contributed by atoms with Gasteiger partial charge in [-0.05, 0) is 20.3 Å². The number of amides is 3. The number of carbonyl (C=O) groups is 3. The number of aliphatic carboxylic acids is 1. The van der Waals surface area contributed by atoms with Gasteiger partial charge in [0.1, 0.15) is 11.6 Å². The molecular formula is C13H23N3O4. The normalized spacial score (nSPS) is 19.8. The maximum atomic E-state index is 12.5. The van der Waals surface area contributed by atoms with Gasteiger partial charge >= 0.3 is 12.0 Å². The number of rotatable bonds is 3. The van der Waals surface area contributed by atoms with E-state index in [4.69, 9.17) is 5.11 Å². The summed E-state index contributed by atoms with van der Waals surface area (Å²) in [6, 6.07) is -1.31. The van der Waals surface area contributed by atoms with Gasteiger partial charge in [0.25, 0.3) is 0 Å². The van der Waals surface area contributed by atoms with Crippen LogP contribution in [0.25, 0.3) is 0 Å². The minimum absolute atomic E-state index is 0.145. The largest absolute Gasteiger partial charge is 0.480 e. The molecule has 1 unspecified atom stereocenters. The van der Waals surface area contributed by atoms with Gasteiger partial charge in [0.15, 0.2) is 0 Å². The molecule has 0 aliphatic carbocycles. The van der Waals surface area contributed by atoms with Gasteiger partial charge in [-0.1, -0.05) is 6.92 Å². The van der Waals surface area contributed by atoms with Crippen LogP contribution in [0.15, 0.2) is 0 Å². The van der Waals surface area contributed by atoms with Crippen molar-refractivity contribution in [2.45, 2.75) is 38.8 Å². The molecule has 0 radical (unpaired) electrons. The smallest absolute Gasteiger partial charge is 0.326 e. The Morgan fingerprint density at radius 2 is 1.95 bits per heavy atom. The molecule has 114 valence electrons. The van der Waals surface area contributed by atoms with E-state index >= 15 is 0 Å². The second kappa shape index (κ2) is 5.68. The van der Waals surface area contributed by atoms with Gasteiger partial charge in [0.2, 0.25) is 5.91 Å². The van der Waals surface area contributed by atoms with Crippen LogP contribution >= 0.6 is 0 Å². The second-order valence-corrected chi connectivity index (χ2v) is 5.59. The van der Waals surface area contributed by atoms with Crippen molar-refractivity contribution < 1.29 is 19.5 Å². The lowest BCUT2D eigenvalue weighted by Gasteiger charge is -2.46. The van der Waals surface area contributed by atoms with E-state index in [-0.39, 0.29) is 5.91 Å². The second-order valence-electron chi connectivity index (χ2n) is 5.59. The maximum absolute atomic E-state index is 12.5. The fourth-order valence-corrected chi connectivity index (χ4v) is 2.49. The number of hydrogen-bond acceptors (Lipinski definition) is 3. The van der Waals surface area contributed by atoms with E-state index in [2.05, 4.69) is 0 Å². The first-order valence-electron chi connectivity index (χ1n) is 6.67. The van der Waals surface area contributed by atoms with Gasteiger partial charge in [-0.2, -0.15) is 0 Å². The Hall–Kier alpha value is -1.79. The van der Waals surface area contributed by atoms with Gasteiger partial charge in [-0.3, -0.25) is 4.79 Å². The molecule has 7 nitrogen and oxygen atoms in total. The third kappa shape index (κ3) is 2.71. The molecule has 1 heterocycles. The first kappa shape index (κ1) is 16.3. The van der Waals surface area contributed by atoms with E-state index in [0.29, 0.717) is 19.5 Å². The van der Waals surface area contributed by atoms with Crippen molar-refractivity contribution in [3.63, 3.8) is 0 Å². The Labute approximate surface area is 119 Å². The molecule has 7 heteroatoms. The molecule has 0 saturated carbocycles. The summed E-state index contributed by atoms with van der Waals surface area (Å²) in [4.78, 5) is 40.0. The summed E-state index contributed by atoms with van der Waals surface area (Å²) in [5, 5.41) is 9.13. The number of carbonyl (C=O) groups excluding carboxylic acids is 2. The third-order valence-electron chi connectivity index (χ3n) is 3.88. The van der Waals surface area contributed by atoms with E-state index in [1.165, 1.54) is 16.8 Å². The van der Waals surface area contributed by atoms with Gasteiger partial charge in [-0.25, -0.2) is 9.59 Å². The van der Waals surface area contributed by atoms with Gasteiger partial charge in [-0.15, -0.1) is 0 Å². The quantitative estimate of drug-likeness (QED) is 0.816. The van der Waals surface area contributed by atoms with Gasteiger partial charge in [0.05, 0.1) is 0 Å². The highest BCUT2D eigenvalue weighted by molar-refractivity contribution is 5.92. The minimum Gasteiger partial charge on any atom is -0.480 e. The molecule has 1 N–H and O–H groups in total. The molecule has 0 aromatic rings. The highest BCUT2D eigenvalue weighted by atomic mass is 16.4. The molecule has 1 aliphatic rings. The van der Waals surface area contributed by atoms with Crippen molar-refractivity contribution in [1.82, 2.24) is 14.7 Å². The zero-order valence-corrected chi connectivity index (χ0v) is 12.7. The van der Waals surface area contributed by atoms with Crippen molar-refractivity contribution in [2.75, 3.05) is 27.2 Å². The standard InChI is InChI=1S/C13H23N3O4/c1-6-9(10(17)18)15(5)12(20)16-8-7-14(4)11(19)13(16,2)3/h9H,6-8H2,1-5H3,(H,17,18). The minimum atomic E-state index is -1.04. The molecule has 3 amide bonds. The number of piperazine rings is 1. The van der Waals surface area contributed by atoms with Crippen LogP contribution < -0.4 is 0 Å². The summed E-state index contributed by atoms with van der Waals surface area (Å²) in [5.41, 5.74) is -0.963. The summed E-state index contributed by atoms with van der Waals surface area (Å²) in [7, 11) is 3.16. The molecule has 1 atom stereocenters. The fraction of sp³-hybridized carbons (Fsp3) is 0.769. The van der Waals surface area contributed by atoms with E-state index in [1.54, 1.807) is 32.7 Å². The predicted octanol–water partition coefficient (Wildman–Crippen LogP) is 0.454. The highest BCUT2D eigenvalue weighted by Crippen LogP contribution is 2.23. The van der Waals surface area contributed by atoms with Crippen molar-refractivity contribution >= 4 is 17.9 Å². The van der Waals surface area contributed by atoms with Crippen LogP contribution in [0.4, 0.5) is 4.79 Å². The molecule has 1 rings (SSSR count). The number of carboxylic acids is 1. The lowest BCUT2D eigenvalue weighted by molar-refractivity contribution is -0.145. The SMILES string of the molecule is CCC(C(=O)O)N(C)C(=O)N1CCN(C)C(=O)C1(C)C. The number of urea groups is 1. The van der Waals surface area contributed by atoms with Crippen LogP contribution in [-0.4, -0.2) is 76.5 Å². The molecular weight excluding hydrogens is 262 g/mol. The molecule has 0 spiro atoms. The Morgan fingerprint density at radius 1 is 1.40 bits per heavy atom. The fourth-order valence-electron chi connectivity index (χ4n) is 2.49. The Bertz CT molecular complexity index is 422. The lowest BCUT2D eigenvalue weighted by Crippen LogP contribution is -2.66. The number of likely N-dealkylation sites (N-methyl/N-ethyl adjacent to an activating group) is 2. The summed E-state index contributed by atoms with van der Waals surface area (Å²) in [5.74, 6) is -1.18.